The summed E-state index contributed by atoms with van der Waals surface area (Å²) in [5.41, 5.74) is 23.9. The minimum atomic E-state index is 0.0551. The number of hydrogen-bond donors (Lipinski definition) is 0. The Labute approximate surface area is 373 Å². The highest BCUT2D eigenvalue weighted by atomic mass is 32.1. The third-order valence-corrected chi connectivity index (χ3v) is 15.8. The normalized spacial score (nSPS) is 15.7. The summed E-state index contributed by atoms with van der Waals surface area (Å²) in [7, 11) is 0. The van der Waals surface area contributed by atoms with Gasteiger partial charge in [0, 0.05) is 43.2 Å². The molecule has 62 heavy (non-hydrogen) atoms. The maximum Gasteiger partial charge on any atom is 0.264 e. The molecule has 0 bridgehead atoms. The topological polar surface area (TPSA) is 6.48 Å². The molecule has 0 fully saturated rings. The molecule has 0 saturated heterocycles. The van der Waals surface area contributed by atoms with E-state index in [1.165, 1.54) is 128 Å². The van der Waals surface area contributed by atoms with Gasteiger partial charge in [0.2, 0.25) is 0 Å². The van der Waals surface area contributed by atoms with Crippen LogP contribution in [0.3, 0.4) is 0 Å². The minimum Gasteiger partial charge on any atom is -0.311 e. The Hall–Kier alpha value is -5.84. The predicted molar refractivity (Wildman–Crippen MR) is 270 cm³/mol. The molecule has 0 N–H and O–H groups in total. The van der Waals surface area contributed by atoms with Crippen LogP contribution in [0.15, 0.2) is 140 Å². The number of rotatable bonds is 5. The zero-order valence-electron chi connectivity index (χ0n) is 37.7. The van der Waals surface area contributed by atoms with Crippen LogP contribution in [-0.4, -0.2) is 6.71 Å². The van der Waals surface area contributed by atoms with Gasteiger partial charge in [0.25, 0.3) is 6.71 Å². The molecule has 7 aromatic carbocycles. The molecule has 3 aliphatic rings. The second kappa shape index (κ2) is 14.1. The monoisotopic (exact) mass is 822 g/mol. The quantitative estimate of drug-likeness (QED) is 0.160. The molecule has 4 heteroatoms. The molecule has 2 aliphatic heterocycles. The Morgan fingerprint density at radius 1 is 0.581 bits per heavy atom. The summed E-state index contributed by atoms with van der Waals surface area (Å²) < 4.78 is 2.75. The van der Waals surface area contributed by atoms with Crippen molar-refractivity contribution in [1.82, 2.24) is 0 Å². The maximum atomic E-state index is 2.67. The van der Waals surface area contributed by atoms with Crippen molar-refractivity contribution in [3.8, 4) is 22.3 Å². The van der Waals surface area contributed by atoms with Crippen LogP contribution < -0.4 is 25.5 Å². The predicted octanol–water partition coefficient (Wildman–Crippen LogP) is 14.7. The number of fused-ring (bicyclic) bond motifs is 7. The summed E-state index contributed by atoms with van der Waals surface area (Å²) in [5.74, 6) is 0.411. The number of anilines is 6. The molecule has 2 nitrogen and oxygen atoms in total. The van der Waals surface area contributed by atoms with E-state index in [2.05, 4.69) is 212 Å². The van der Waals surface area contributed by atoms with Crippen molar-refractivity contribution in [2.45, 2.75) is 91.9 Å². The molecular weight excluding hydrogens is 768 g/mol. The van der Waals surface area contributed by atoms with Gasteiger partial charge in [-0.2, -0.15) is 0 Å². The Morgan fingerprint density at radius 2 is 1.23 bits per heavy atom. The van der Waals surface area contributed by atoms with E-state index in [9.17, 15) is 0 Å². The first-order valence-electron chi connectivity index (χ1n) is 22.6. The lowest BCUT2D eigenvalue weighted by atomic mass is 9.35. The average molecular weight is 823 g/mol. The molecule has 0 saturated carbocycles. The fraction of sp³-hybridized carbons (Fsp3) is 0.241. The van der Waals surface area contributed by atoms with Crippen LogP contribution in [0.25, 0.3) is 32.3 Å². The molecule has 1 aliphatic carbocycles. The zero-order chi connectivity index (χ0) is 42.8. The lowest BCUT2D eigenvalue weighted by Crippen LogP contribution is -2.61. The Bertz CT molecular complexity index is 3080. The van der Waals surface area contributed by atoms with E-state index in [0.29, 0.717) is 5.92 Å². The molecule has 1 aromatic heterocycles. The fourth-order valence-corrected chi connectivity index (χ4v) is 12.6. The summed E-state index contributed by atoms with van der Waals surface area (Å²) in [6.45, 7) is 21.3. The zero-order valence-corrected chi connectivity index (χ0v) is 38.5. The second-order valence-corrected chi connectivity index (χ2v) is 21.1. The van der Waals surface area contributed by atoms with E-state index >= 15 is 0 Å². The van der Waals surface area contributed by atoms with Crippen LogP contribution in [0.2, 0.25) is 0 Å². The summed E-state index contributed by atoms with van der Waals surface area (Å²) >= 11 is 1.99. The van der Waals surface area contributed by atoms with Gasteiger partial charge in [0.05, 0.1) is 11.4 Å². The van der Waals surface area contributed by atoms with Gasteiger partial charge in [-0.1, -0.05) is 132 Å². The number of hydrogen-bond acceptors (Lipinski definition) is 3. The average Bonchev–Trinajstić information content (AvgIpc) is 3.63. The summed E-state index contributed by atoms with van der Waals surface area (Å²) in [6.07, 6.45) is 2.34. The van der Waals surface area contributed by atoms with Gasteiger partial charge < -0.3 is 9.80 Å². The standard InChI is InChI=1S/C58H55BN2S/c1-35(2)40-23-25-48(43(31-40)39-17-12-10-13-18-39)61-50-22-16-21-49-54(50)59(47-33-45-46(34-51(47)61)58(8,9)28-27-57(45,6)7)56-55(60(49)42-19-14-11-15-20-42)44-32-41(24-26-52(44)62-56)53-37(4)29-36(3)30-38(53)5/h10-26,29-35H,27-28H2,1-9H3. The van der Waals surface area contributed by atoms with Gasteiger partial charge in [-0.15, -0.1) is 11.3 Å². The highest BCUT2D eigenvalue weighted by molar-refractivity contribution is 7.33. The first-order valence-corrected chi connectivity index (χ1v) is 23.4. The molecule has 3 heterocycles. The Morgan fingerprint density at radius 3 is 1.90 bits per heavy atom. The molecule has 0 amide bonds. The van der Waals surface area contributed by atoms with E-state index in [1.807, 2.05) is 11.3 Å². The Kier molecular flexibility index (Phi) is 8.87. The fourth-order valence-electron chi connectivity index (χ4n) is 11.3. The summed E-state index contributed by atoms with van der Waals surface area (Å²) in [6, 6.07) is 53.7. The van der Waals surface area contributed by atoms with Crippen molar-refractivity contribution < 1.29 is 0 Å². The number of thiophene rings is 1. The van der Waals surface area contributed by atoms with Crippen LogP contribution >= 0.6 is 11.3 Å². The van der Waals surface area contributed by atoms with Gasteiger partial charge in [-0.3, -0.25) is 0 Å². The highest BCUT2D eigenvalue weighted by Crippen LogP contribution is 2.53. The van der Waals surface area contributed by atoms with E-state index < -0.39 is 0 Å². The summed E-state index contributed by atoms with van der Waals surface area (Å²) in [5, 5.41) is 1.32. The van der Waals surface area contributed by atoms with Gasteiger partial charge in [0.1, 0.15) is 0 Å². The lowest BCUT2D eigenvalue weighted by Gasteiger charge is -2.47. The molecule has 11 rings (SSSR count). The number of nitrogens with zero attached hydrogens (tertiary/aromatic N) is 2. The number of para-hydroxylation sites is 1. The SMILES string of the molecule is Cc1cc(C)c(-c2ccc3sc4c(c3c2)N(c2ccccc2)c2cccc3c2B4c2cc4c(cc2N3c2ccc(C(C)C)cc2-c2ccccc2)C(C)(C)CCC4(C)C)c(C)c1. The maximum absolute atomic E-state index is 2.67. The third kappa shape index (κ3) is 5.89. The van der Waals surface area contributed by atoms with E-state index in [1.54, 1.807) is 0 Å². The minimum absolute atomic E-state index is 0.0551. The lowest BCUT2D eigenvalue weighted by molar-refractivity contribution is 0.332. The largest absolute Gasteiger partial charge is 0.311 e. The van der Waals surface area contributed by atoms with Crippen LogP contribution in [0.5, 0.6) is 0 Å². The van der Waals surface area contributed by atoms with Crippen molar-refractivity contribution >= 4 is 78.0 Å². The van der Waals surface area contributed by atoms with Gasteiger partial charge in [0.15, 0.2) is 0 Å². The molecular formula is C58H55BN2S. The van der Waals surface area contributed by atoms with Gasteiger partial charge >= 0.3 is 0 Å². The van der Waals surface area contributed by atoms with Crippen LogP contribution in [0, 0.1) is 20.8 Å². The van der Waals surface area contributed by atoms with Crippen LogP contribution in [-0.2, 0) is 10.8 Å². The smallest absolute Gasteiger partial charge is 0.264 e. The molecule has 8 aromatic rings. The first-order chi connectivity index (χ1) is 29.8. The number of benzene rings is 7. The third-order valence-electron chi connectivity index (χ3n) is 14.5. The molecule has 0 radical (unpaired) electrons. The Balaban J connectivity index is 1.25. The van der Waals surface area contributed by atoms with Crippen molar-refractivity contribution in [2.75, 3.05) is 9.80 Å². The van der Waals surface area contributed by atoms with E-state index in [4.69, 9.17) is 0 Å². The first kappa shape index (κ1) is 39.0. The van der Waals surface area contributed by atoms with E-state index in [-0.39, 0.29) is 17.5 Å². The molecule has 306 valence electrons. The van der Waals surface area contributed by atoms with E-state index in [0.717, 1.165) is 0 Å². The van der Waals surface area contributed by atoms with Crippen LogP contribution in [0.1, 0.15) is 93.7 Å². The van der Waals surface area contributed by atoms with Crippen molar-refractivity contribution in [1.29, 1.82) is 0 Å². The van der Waals surface area contributed by atoms with Crippen molar-refractivity contribution in [3.63, 3.8) is 0 Å². The molecule has 0 unspecified atom stereocenters. The van der Waals surface area contributed by atoms with Gasteiger partial charge in [-0.05, 0) is 160 Å². The van der Waals surface area contributed by atoms with Crippen molar-refractivity contribution in [3.05, 3.63) is 173 Å². The number of aryl methyl sites for hydroxylation is 3. The summed E-state index contributed by atoms with van der Waals surface area (Å²) in [4.78, 5) is 5.24. The van der Waals surface area contributed by atoms with Gasteiger partial charge in [-0.25, -0.2) is 0 Å². The highest BCUT2D eigenvalue weighted by Gasteiger charge is 2.48. The molecule has 0 spiro atoms. The second-order valence-electron chi connectivity index (χ2n) is 20.0. The van der Waals surface area contributed by atoms with Crippen molar-refractivity contribution in [2.24, 2.45) is 0 Å². The van der Waals surface area contributed by atoms with Crippen LogP contribution in [0.4, 0.5) is 34.1 Å². The molecule has 0 atom stereocenters.